The van der Waals surface area contributed by atoms with Gasteiger partial charge in [0.25, 0.3) is 5.56 Å². The SMILES string of the molecule is CC(C)Cn1c(N(C)C(=O)O)c(-c2ccccc2)c2cc(C=O)ccc2c1=O. The van der Waals surface area contributed by atoms with E-state index >= 15 is 0 Å². The maximum Gasteiger partial charge on any atom is 0.412 e. The lowest BCUT2D eigenvalue weighted by Crippen LogP contribution is -2.34. The normalized spacial score (nSPS) is 11.0. The highest BCUT2D eigenvalue weighted by atomic mass is 16.4. The van der Waals surface area contributed by atoms with Gasteiger partial charge in [-0.1, -0.05) is 50.2 Å². The van der Waals surface area contributed by atoms with Crippen LogP contribution in [0.4, 0.5) is 10.6 Å². The fourth-order valence-electron chi connectivity index (χ4n) is 3.39. The summed E-state index contributed by atoms with van der Waals surface area (Å²) in [6.07, 6.45) is -0.450. The largest absolute Gasteiger partial charge is 0.465 e. The van der Waals surface area contributed by atoms with Gasteiger partial charge in [0.05, 0.1) is 0 Å². The Kier molecular flexibility index (Phi) is 5.31. The Morgan fingerprint density at radius 2 is 1.82 bits per heavy atom. The van der Waals surface area contributed by atoms with Gasteiger partial charge in [0.15, 0.2) is 0 Å². The van der Waals surface area contributed by atoms with Crippen molar-refractivity contribution in [1.82, 2.24) is 4.57 Å². The molecule has 0 atom stereocenters. The van der Waals surface area contributed by atoms with Gasteiger partial charge < -0.3 is 5.11 Å². The number of benzene rings is 2. The zero-order valence-electron chi connectivity index (χ0n) is 16.0. The molecule has 1 N–H and O–H groups in total. The van der Waals surface area contributed by atoms with Gasteiger partial charge in [-0.15, -0.1) is 0 Å². The number of aromatic nitrogens is 1. The Balaban J connectivity index is 2.56. The number of carboxylic acid groups (broad SMARTS) is 1. The molecule has 1 aromatic heterocycles. The average molecular weight is 378 g/mol. The Morgan fingerprint density at radius 3 is 2.39 bits per heavy atom. The van der Waals surface area contributed by atoms with E-state index in [1.165, 1.54) is 11.6 Å². The summed E-state index contributed by atoms with van der Waals surface area (Å²) in [5.41, 5.74) is 1.54. The number of carbonyl (C=O) groups excluding carboxylic acids is 1. The number of nitrogens with zero attached hydrogens (tertiary/aromatic N) is 2. The number of aldehydes is 1. The van der Waals surface area contributed by atoms with Gasteiger partial charge in [0.1, 0.15) is 12.1 Å². The summed E-state index contributed by atoms with van der Waals surface area (Å²) >= 11 is 0. The molecule has 0 spiro atoms. The van der Waals surface area contributed by atoms with Crippen LogP contribution in [0.5, 0.6) is 0 Å². The maximum atomic E-state index is 13.3. The number of hydrogen-bond acceptors (Lipinski definition) is 3. The highest BCUT2D eigenvalue weighted by Crippen LogP contribution is 2.36. The first-order valence-corrected chi connectivity index (χ1v) is 9.03. The Labute approximate surface area is 162 Å². The fourth-order valence-corrected chi connectivity index (χ4v) is 3.39. The summed E-state index contributed by atoms with van der Waals surface area (Å²) in [6, 6.07) is 14.2. The van der Waals surface area contributed by atoms with E-state index < -0.39 is 6.09 Å². The van der Waals surface area contributed by atoms with Gasteiger partial charge in [0, 0.05) is 30.1 Å². The van der Waals surface area contributed by atoms with Gasteiger partial charge in [-0.05, 0) is 29.0 Å². The first-order chi connectivity index (χ1) is 13.3. The smallest absolute Gasteiger partial charge is 0.412 e. The molecule has 1 heterocycles. The van der Waals surface area contributed by atoms with Gasteiger partial charge >= 0.3 is 6.09 Å². The van der Waals surface area contributed by atoms with E-state index in [1.807, 2.05) is 44.2 Å². The van der Waals surface area contributed by atoms with Gasteiger partial charge in [-0.3, -0.25) is 19.1 Å². The van der Waals surface area contributed by atoms with Crippen LogP contribution < -0.4 is 10.5 Å². The Hall–Kier alpha value is -3.41. The molecule has 3 rings (SSSR count). The van der Waals surface area contributed by atoms with Crippen molar-refractivity contribution in [3.63, 3.8) is 0 Å². The van der Waals surface area contributed by atoms with E-state index in [-0.39, 0.29) is 11.5 Å². The summed E-state index contributed by atoms with van der Waals surface area (Å²) in [6.45, 7) is 4.31. The first kappa shape index (κ1) is 19.4. The lowest BCUT2D eigenvalue weighted by atomic mass is 9.97. The highest BCUT2D eigenvalue weighted by Gasteiger charge is 2.24. The van der Waals surface area contributed by atoms with Crippen LogP contribution in [-0.4, -0.2) is 29.1 Å². The first-order valence-electron chi connectivity index (χ1n) is 9.03. The average Bonchev–Trinajstić information content (AvgIpc) is 2.69. The van der Waals surface area contributed by atoms with E-state index in [2.05, 4.69) is 0 Å². The van der Waals surface area contributed by atoms with Crippen molar-refractivity contribution in [1.29, 1.82) is 0 Å². The molecule has 0 saturated carbocycles. The van der Waals surface area contributed by atoms with E-state index in [0.29, 0.717) is 40.5 Å². The monoisotopic (exact) mass is 378 g/mol. The third-order valence-electron chi connectivity index (χ3n) is 4.62. The van der Waals surface area contributed by atoms with Crippen LogP contribution in [-0.2, 0) is 6.54 Å². The molecule has 3 aromatic rings. The van der Waals surface area contributed by atoms with Crippen LogP contribution in [0, 0.1) is 5.92 Å². The molecule has 0 unspecified atom stereocenters. The molecule has 0 bridgehead atoms. The molecular weight excluding hydrogens is 356 g/mol. The van der Waals surface area contributed by atoms with Crippen molar-refractivity contribution in [3.8, 4) is 11.1 Å². The summed E-state index contributed by atoms with van der Waals surface area (Å²) in [7, 11) is 1.43. The molecular formula is C22H22N2O4. The van der Waals surface area contributed by atoms with Gasteiger partial charge in [-0.2, -0.15) is 0 Å². The molecule has 28 heavy (non-hydrogen) atoms. The number of hydrogen-bond donors (Lipinski definition) is 1. The van der Waals surface area contributed by atoms with Crippen LogP contribution in [0.15, 0.2) is 53.3 Å². The minimum atomic E-state index is -1.17. The van der Waals surface area contributed by atoms with E-state index in [0.717, 1.165) is 10.5 Å². The predicted octanol–water partition coefficient (Wildman–Crippen LogP) is 4.25. The number of rotatable bonds is 5. The standard InChI is InChI=1S/C22H22N2O4/c1-14(2)12-24-20(23(3)22(27)28)19(16-7-5-4-6-8-16)18-11-15(13-25)9-10-17(18)21(24)26/h4-11,13-14H,12H2,1-3H3,(H,27,28). The van der Waals surface area contributed by atoms with E-state index in [4.69, 9.17) is 0 Å². The van der Waals surface area contributed by atoms with Crippen LogP contribution in [0.1, 0.15) is 24.2 Å². The van der Waals surface area contributed by atoms with Crippen LogP contribution in [0.25, 0.3) is 21.9 Å². The third kappa shape index (κ3) is 3.41. The Bertz CT molecular complexity index is 1100. The van der Waals surface area contributed by atoms with E-state index in [9.17, 15) is 19.5 Å². The zero-order chi connectivity index (χ0) is 20.4. The molecule has 6 heteroatoms. The molecule has 1 amide bonds. The number of fused-ring (bicyclic) bond motifs is 1. The molecule has 0 aliphatic carbocycles. The number of carbonyl (C=O) groups is 2. The van der Waals surface area contributed by atoms with Crippen LogP contribution in [0.3, 0.4) is 0 Å². The minimum absolute atomic E-state index is 0.133. The molecule has 2 aromatic carbocycles. The molecule has 0 saturated heterocycles. The van der Waals surface area contributed by atoms with Crippen molar-refractivity contribution in [3.05, 3.63) is 64.4 Å². The summed E-state index contributed by atoms with van der Waals surface area (Å²) in [5, 5.41) is 10.7. The van der Waals surface area contributed by atoms with Crippen LogP contribution in [0.2, 0.25) is 0 Å². The van der Waals surface area contributed by atoms with Gasteiger partial charge in [0.2, 0.25) is 0 Å². The number of pyridine rings is 1. The predicted molar refractivity (Wildman–Crippen MR) is 110 cm³/mol. The molecule has 0 fully saturated rings. The fraction of sp³-hybridized carbons (Fsp3) is 0.227. The summed E-state index contributed by atoms with van der Waals surface area (Å²) < 4.78 is 1.52. The second-order valence-electron chi connectivity index (χ2n) is 7.14. The lowest BCUT2D eigenvalue weighted by molar-refractivity contribution is 0.112. The van der Waals surface area contributed by atoms with Crippen LogP contribution >= 0.6 is 0 Å². The Morgan fingerprint density at radius 1 is 1.14 bits per heavy atom. The number of anilines is 1. The molecule has 0 aliphatic heterocycles. The topological polar surface area (TPSA) is 79.6 Å². The van der Waals surface area contributed by atoms with Crippen molar-refractivity contribution in [2.75, 3.05) is 11.9 Å². The van der Waals surface area contributed by atoms with Gasteiger partial charge in [-0.25, -0.2) is 4.79 Å². The summed E-state index contributed by atoms with van der Waals surface area (Å²) in [4.78, 5) is 37.5. The molecule has 6 nitrogen and oxygen atoms in total. The highest BCUT2D eigenvalue weighted by molar-refractivity contribution is 6.05. The quantitative estimate of drug-likeness (QED) is 0.673. The minimum Gasteiger partial charge on any atom is -0.465 e. The summed E-state index contributed by atoms with van der Waals surface area (Å²) in [5.74, 6) is 0.432. The van der Waals surface area contributed by atoms with Crippen molar-refractivity contribution >= 4 is 29.0 Å². The maximum absolute atomic E-state index is 13.3. The molecule has 0 radical (unpaired) electrons. The zero-order valence-corrected chi connectivity index (χ0v) is 16.0. The van der Waals surface area contributed by atoms with E-state index in [1.54, 1.807) is 18.2 Å². The molecule has 144 valence electrons. The second-order valence-corrected chi connectivity index (χ2v) is 7.14. The van der Waals surface area contributed by atoms with Crippen molar-refractivity contribution < 1.29 is 14.7 Å². The second kappa shape index (κ2) is 7.68. The number of amides is 1. The molecule has 0 aliphatic rings. The van der Waals surface area contributed by atoms with Crippen molar-refractivity contribution in [2.45, 2.75) is 20.4 Å². The van der Waals surface area contributed by atoms with Crippen molar-refractivity contribution in [2.24, 2.45) is 5.92 Å². The third-order valence-corrected chi connectivity index (χ3v) is 4.62. The lowest BCUT2D eigenvalue weighted by Gasteiger charge is -2.25.